The van der Waals surface area contributed by atoms with Crippen LogP contribution in [0.25, 0.3) is 0 Å². The molecule has 2 nitrogen and oxygen atoms in total. The number of methoxy groups -OCH3 is 1. The topological polar surface area (TPSA) is 29.5 Å². The van der Waals surface area contributed by atoms with Crippen molar-refractivity contribution >= 4 is 0 Å². The van der Waals surface area contributed by atoms with E-state index < -0.39 is 0 Å². The van der Waals surface area contributed by atoms with Crippen LogP contribution in [0.2, 0.25) is 0 Å². The fraction of sp³-hybridized carbons (Fsp3) is 0.800. The summed E-state index contributed by atoms with van der Waals surface area (Å²) in [6, 6.07) is 0. The number of ether oxygens (including phenoxy) is 1. The molecule has 1 N–H and O–H groups in total. The third-order valence-electron chi connectivity index (χ3n) is 1.70. The van der Waals surface area contributed by atoms with E-state index in [0.717, 1.165) is 6.42 Å². The average Bonchev–Trinajstić information content (AvgIpc) is 1.98. The van der Waals surface area contributed by atoms with Gasteiger partial charge in [-0.3, -0.25) is 0 Å². The van der Waals surface area contributed by atoms with Crippen LogP contribution in [-0.4, -0.2) is 24.4 Å². The van der Waals surface area contributed by atoms with E-state index in [4.69, 9.17) is 11.2 Å². The molecule has 0 aliphatic carbocycles. The average molecular weight is 170 g/mol. The number of aliphatic hydroxyl groups is 1. The smallest absolute Gasteiger partial charge is 0.120 e. The van der Waals surface area contributed by atoms with Crippen LogP contribution in [0, 0.1) is 18.3 Å². The minimum atomic E-state index is -0.342. The fourth-order valence-corrected chi connectivity index (χ4v) is 1.12. The highest BCUT2D eigenvalue weighted by Gasteiger charge is 2.12. The van der Waals surface area contributed by atoms with E-state index in [2.05, 4.69) is 19.8 Å². The summed E-state index contributed by atoms with van der Waals surface area (Å²) >= 11 is 0. The molecule has 70 valence electrons. The van der Waals surface area contributed by atoms with Crippen LogP contribution in [0.5, 0.6) is 0 Å². The molecule has 0 rings (SSSR count). The maximum atomic E-state index is 9.48. The summed E-state index contributed by atoms with van der Waals surface area (Å²) in [6.07, 6.45) is 5.90. The van der Waals surface area contributed by atoms with Gasteiger partial charge >= 0.3 is 0 Å². The number of hydrogen-bond donors (Lipinski definition) is 1. The van der Waals surface area contributed by atoms with Gasteiger partial charge in [0.05, 0.1) is 6.10 Å². The molecule has 0 saturated heterocycles. The van der Waals surface area contributed by atoms with Crippen LogP contribution in [0.4, 0.5) is 0 Å². The van der Waals surface area contributed by atoms with Crippen LogP contribution >= 0.6 is 0 Å². The zero-order valence-corrected chi connectivity index (χ0v) is 8.08. The molecule has 0 aliphatic heterocycles. The molecule has 0 unspecified atom stereocenters. The van der Waals surface area contributed by atoms with Gasteiger partial charge in [-0.15, -0.1) is 6.42 Å². The lowest BCUT2D eigenvalue weighted by molar-refractivity contribution is 0.0664. The van der Waals surface area contributed by atoms with E-state index in [9.17, 15) is 5.11 Å². The molecule has 0 aromatic heterocycles. The molecule has 2 heteroatoms. The van der Waals surface area contributed by atoms with Crippen LogP contribution in [-0.2, 0) is 4.74 Å². The molecule has 0 heterocycles. The number of terminal acetylenes is 1. The molecule has 0 bridgehead atoms. The monoisotopic (exact) mass is 170 g/mol. The van der Waals surface area contributed by atoms with Crippen LogP contribution in [0.1, 0.15) is 26.7 Å². The Balaban J connectivity index is 3.68. The lowest BCUT2D eigenvalue weighted by Gasteiger charge is -2.15. The molecular formula is C10H18O2. The second-order valence-electron chi connectivity index (χ2n) is 3.41. The number of rotatable bonds is 5. The standard InChI is InChI=1S/C10H18O2/c1-5-10(12-4)7-9(11)6-8(2)3/h1,8-11H,6-7H2,2-4H3/t9-,10+/m1/s1. The number of aliphatic hydroxyl groups excluding tert-OH is 1. The van der Waals surface area contributed by atoms with Gasteiger partial charge in [-0.1, -0.05) is 19.8 Å². The predicted molar refractivity (Wildman–Crippen MR) is 49.7 cm³/mol. The normalized spacial score (nSPS) is 15.7. The number of hydrogen-bond acceptors (Lipinski definition) is 2. The second kappa shape index (κ2) is 6.05. The first-order valence-corrected chi connectivity index (χ1v) is 4.27. The Morgan fingerprint density at radius 2 is 2.00 bits per heavy atom. The Bertz CT molecular complexity index is 146. The first-order chi connectivity index (χ1) is 5.60. The Morgan fingerprint density at radius 3 is 2.33 bits per heavy atom. The van der Waals surface area contributed by atoms with E-state index in [0.29, 0.717) is 12.3 Å². The van der Waals surface area contributed by atoms with Crippen molar-refractivity contribution < 1.29 is 9.84 Å². The van der Waals surface area contributed by atoms with E-state index >= 15 is 0 Å². The molecule has 0 spiro atoms. The van der Waals surface area contributed by atoms with Crippen LogP contribution in [0.15, 0.2) is 0 Å². The Morgan fingerprint density at radius 1 is 1.42 bits per heavy atom. The fourth-order valence-electron chi connectivity index (χ4n) is 1.12. The Hall–Kier alpha value is -0.520. The molecule has 0 aromatic carbocycles. The summed E-state index contributed by atoms with van der Waals surface area (Å²) in [7, 11) is 1.56. The molecule has 0 radical (unpaired) electrons. The van der Waals surface area contributed by atoms with Gasteiger partial charge < -0.3 is 9.84 Å². The van der Waals surface area contributed by atoms with E-state index in [1.54, 1.807) is 7.11 Å². The zero-order valence-electron chi connectivity index (χ0n) is 8.08. The van der Waals surface area contributed by atoms with Crippen molar-refractivity contribution in [3.8, 4) is 12.3 Å². The van der Waals surface area contributed by atoms with Crippen molar-refractivity contribution in [1.82, 2.24) is 0 Å². The van der Waals surface area contributed by atoms with E-state index in [1.807, 2.05) is 0 Å². The van der Waals surface area contributed by atoms with Gasteiger partial charge in [0.15, 0.2) is 0 Å². The van der Waals surface area contributed by atoms with Crippen molar-refractivity contribution in [2.45, 2.75) is 38.9 Å². The summed E-state index contributed by atoms with van der Waals surface area (Å²) in [5.74, 6) is 2.97. The van der Waals surface area contributed by atoms with Crippen molar-refractivity contribution in [2.24, 2.45) is 5.92 Å². The quantitative estimate of drug-likeness (QED) is 0.632. The van der Waals surface area contributed by atoms with Gasteiger partial charge in [-0.05, 0) is 12.3 Å². The van der Waals surface area contributed by atoms with Crippen molar-refractivity contribution in [3.05, 3.63) is 0 Å². The third-order valence-corrected chi connectivity index (χ3v) is 1.70. The maximum absolute atomic E-state index is 9.48. The minimum absolute atomic E-state index is 0.251. The molecular weight excluding hydrogens is 152 g/mol. The zero-order chi connectivity index (χ0) is 9.56. The molecule has 0 saturated carbocycles. The minimum Gasteiger partial charge on any atom is -0.393 e. The molecule has 0 aromatic rings. The largest absolute Gasteiger partial charge is 0.393 e. The van der Waals surface area contributed by atoms with Crippen molar-refractivity contribution in [1.29, 1.82) is 0 Å². The first kappa shape index (κ1) is 11.5. The van der Waals surface area contributed by atoms with Crippen LogP contribution < -0.4 is 0 Å². The van der Waals surface area contributed by atoms with Gasteiger partial charge in [0, 0.05) is 13.5 Å². The first-order valence-electron chi connectivity index (χ1n) is 4.27. The van der Waals surface area contributed by atoms with E-state index in [1.165, 1.54) is 0 Å². The molecule has 12 heavy (non-hydrogen) atoms. The second-order valence-corrected chi connectivity index (χ2v) is 3.41. The van der Waals surface area contributed by atoms with E-state index in [-0.39, 0.29) is 12.2 Å². The van der Waals surface area contributed by atoms with Gasteiger partial charge in [0.25, 0.3) is 0 Å². The van der Waals surface area contributed by atoms with Gasteiger partial charge in [0.1, 0.15) is 6.10 Å². The highest BCUT2D eigenvalue weighted by atomic mass is 16.5. The summed E-state index contributed by atoms with van der Waals surface area (Å²) in [4.78, 5) is 0. The summed E-state index contributed by atoms with van der Waals surface area (Å²) < 4.78 is 4.96. The summed E-state index contributed by atoms with van der Waals surface area (Å²) in [6.45, 7) is 4.14. The molecule has 0 aliphatic rings. The van der Waals surface area contributed by atoms with Gasteiger partial charge in [-0.25, -0.2) is 0 Å². The molecule has 0 amide bonds. The summed E-state index contributed by atoms with van der Waals surface area (Å²) in [5, 5.41) is 9.48. The highest BCUT2D eigenvalue weighted by molar-refractivity contribution is 4.95. The third kappa shape index (κ3) is 5.17. The maximum Gasteiger partial charge on any atom is 0.120 e. The molecule has 2 atom stereocenters. The lowest BCUT2D eigenvalue weighted by Crippen LogP contribution is -2.19. The lowest BCUT2D eigenvalue weighted by atomic mass is 10.0. The predicted octanol–water partition coefficient (Wildman–Crippen LogP) is 1.43. The highest BCUT2D eigenvalue weighted by Crippen LogP contribution is 2.10. The van der Waals surface area contributed by atoms with Gasteiger partial charge in [-0.2, -0.15) is 0 Å². The van der Waals surface area contributed by atoms with Crippen molar-refractivity contribution in [3.63, 3.8) is 0 Å². The SMILES string of the molecule is C#C[C@@H](C[C@H](O)CC(C)C)OC. The van der Waals surface area contributed by atoms with Crippen LogP contribution in [0.3, 0.4) is 0 Å². The Kier molecular flexibility index (Phi) is 5.79. The molecule has 0 fully saturated rings. The Labute approximate surface area is 74.9 Å². The van der Waals surface area contributed by atoms with Gasteiger partial charge in [0.2, 0.25) is 0 Å². The van der Waals surface area contributed by atoms with Crippen molar-refractivity contribution in [2.75, 3.05) is 7.11 Å². The summed E-state index contributed by atoms with van der Waals surface area (Å²) in [5.41, 5.74) is 0.